The molecule has 0 unspecified atom stereocenters. The number of hydrogen-bond acceptors (Lipinski definition) is 5. The number of piperazine rings is 1. The van der Waals surface area contributed by atoms with Crippen molar-refractivity contribution in [2.45, 2.75) is 50.7 Å². The van der Waals surface area contributed by atoms with Crippen molar-refractivity contribution in [1.82, 2.24) is 30.0 Å². The molecule has 168 valence electrons. The van der Waals surface area contributed by atoms with Gasteiger partial charge in [0.2, 0.25) is 0 Å². The van der Waals surface area contributed by atoms with Crippen LogP contribution in [0.1, 0.15) is 48.7 Å². The minimum atomic E-state index is 0.0313. The molecule has 1 aliphatic carbocycles. The van der Waals surface area contributed by atoms with Crippen molar-refractivity contribution in [3.63, 3.8) is 0 Å². The summed E-state index contributed by atoms with van der Waals surface area (Å²) in [7, 11) is 0. The first kappa shape index (κ1) is 21.6. The zero-order chi connectivity index (χ0) is 21.8. The van der Waals surface area contributed by atoms with Gasteiger partial charge in [-0.1, -0.05) is 66.9 Å². The minimum absolute atomic E-state index is 0.0313. The summed E-state index contributed by atoms with van der Waals surface area (Å²) in [5.74, 6) is 0.914. The van der Waals surface area contributed by atoms with Crippen LogP contribution in [-0.2, 0) is 13.0 Å². The van der Waals surface area contributed by atoms with Crippen molar-refractivity contribution < 1.29 is 0 Å². The maximum atomic E-state index is 6.20. The smallest absolute Gasteiger partial charge is 0.173 e. The van der Waals surface area contributed by atoms with E-state index in [0.29, 0.717) is 0 Å². The van der Waals surface area contributed by atoms with Gasteiger partial charge in [-0.3, -0.25) is 9.80 Å². The van der Waals surface area contributed by atoms with E-state index in [1.54, 1.807) is 0 Å². The highest BCUT2D eigenvalue weighted by atomic mass is 35.5. The molecule has 1 aromatic heterocycles. The summed E-state index contributed by atoms with van der Waals surface area (Å²) < 4.78 is 1.98. The van der Waals surface area contributed by atoms with Crippen molar-refractivity contribution in [3.8, 4) is 0 Å². The normalized spacial score (nSPS) is 19.4. The third-order valence-corrected chi connectivity index (χ3v) is 7.25. The summed E-state index contributed by atoms with van der Waals surface area (Å²) in [6.07, 6.45) is 6.39. The second-order valence-corrected chi connectivity index (χ2v) is 9.40. The summed E-state index contributed by atoms with van der Waals surface area (Å²) in [6, 6.07) is 19.5. The van der Waals surface area contributed by atoms with Gasteiger partial charge >= 0.3 is 0 Å². The van der Waals surface area contributed by atoms with Crippen molar-refractivity contribution in [3.05, 3.63) is 76.6 Å². The number of tetrazole rings is 1. The Kier molecular flexibility index (Phi) is 6.81. The molecule has 2 fully saturated rings. The Balaban J connectivity index is 1.36. The van der Waals surface area contributed by atoms with Crippen LogP contribution in [0.5, 0.6) is 0 Å². The molecule has 0 radical (unpaired) electrons. The van der Waals surface area contributed by atoms with Gasteiger partial charge in [0, 0.05) is 43.8 Å². The number of nitrogens with zero attached hydrogens (tertiary/aromatic N) is 6. The lowest BCUT2D eigenvalue weighted by molar-refractivity contribution is 0.0770. The Morgan fingerprint density at radius 2 is 1.62 bits per heavy atom. The zero-order valence-corrected chi connectivity index (χ0v) is 19.2. The van der Waals surface area contributed by atoms with Crippen LogP contribution in [0.25, 0.3) is 0 Å². The number of benzene rings is 2. The molecule has 6 nitrogen and oxygen atoms in total. The van der Waals surface area contributed by atoms with Gasteiger partial charge in [-0.05, 0) is 52.9 Å². The van der Waals surface area contributed by atoms with Gasteiger partial charge in [-0.25, -0.2) is 4.68 Å². The van der Waals surface area contributed by atoms with Gasteiger partial charge in [-0.2, -0.15) is 0 Å². The third kappa shape index (κ3) is 4.87. The molecule has 0 spiro atoms. The van der Waals surface area contributed by atoms with Crippen LogP contribution in [0.3, 0.4) is 0 Å². The van der Waals surface area contributed by atoms with Crippen LogP contribution < -0.4 is 0 Å². The summed E-state index contributed by atoms with van der Waals surface area (Å²) in [4.78, 5) is 5.24. The second kappa shape index (κ2) is 10.1. The largest absolute Gasteiger partial charge is 0.298 e. The Hall–Kier alpha value is -2.28. The molecule has 1 aliphatic heterocycles. The Morgan fingerprint density at radius 3 is 2.34 bits per heavy atom. The van der Waals surface area contributed by atoms with E-state index in [4.69, 9.17) is 11.6 Å². The molecule has 1 saturated carbocycles. The molecule has 5 rings (SSSR count). The quantitative estimate of drug-likeness (QED) is 0.539. The van der Waals surface area contributed by atoms with Crippen LogP contribution >= 0.6 is 11.6 Å². The van der Waals surface area contributed by atoms with Gasteiger partial charge in [0.15, 0.2) is 5.82 Å². The van der Waals surface area contributed by atoms with E-state index in [-0.39, 0.29) is 6.04 Å². The first-order valence-electron chi connectivity index (χ1n) is 11.8. The number of halogens is 1. The zero-order valence-electron chi connectivity index (χ0n) is 18.5. The molecular formula is C25H31ClN6. The van der Waals surface area contributed by atoms with Gasteiger partial charge in [0.1, 0.15) is 0 Å². The van der Waals surface area contributed by atoms with E-state index in [2.05, 4.69) is 61.7 Å². The lowest BCUT2D eigenvalue weighted by Crippen LogP contribution is -2.51. The highest BCUT2D eigenvalue weighted by Gasteiger charge is 2.33. The third-order valence-electron chi connectivity index (χ3n) is 7.00. The average molecular weight is 451 g/mol. The molecule has 0 amide bonds. The van der Waals surface area contributed by atoms with E-state index in [0.717, 1.165) is 56.0 Å². The molecule has 1 atom stereocenters. The molecule has 0 bridgehead atoms. The van der Waals surface area contributed by atoms with Crippen molar-refractivity contribution in [1.29, 1.82) is 0 Å². The predicted octanol–water partition coefficient (Wildman–Crippen LogP) is 4.22. The maximum Gasteiger partial charge on any atom is 0.173 e. The summed E-state index contributed by atoms with van der Waals surface area (Å²) in [5.41, 5.74) is 2.49. The fourth-order valence-electron chi connectivity index (χ4n) is 5.24. The Labute approximate surface area is 195 Å². The monoisotopic (exact) mass is 450 g/mol. The summed E-state index contributed by atoms with van der Waals surface area (Å²) in [5, 5.41) is 13.7. The SMILES string of the molecule is Clc1ccc([C@@H](c2nnnn2CCc2ccccc2)N2CCN(C3CCCC3)CC2)cc1. The first-order valence-corrected chi connectivity index (χ1v) is 12.2. The fraction of sp³-hybridized carbons (Fsp3) is 0.480. The minimum Gasteiger partial charge on any atom is -0.298 e. The number of rotatable bonds is 7. The Bertz CT molecular complexity index is 975. The second-order valence-electron chi connectivity index (χ2n) is 8.96. The van der Waals surface area contributed by atoms with Gasteiger partial charge in [0.05, 0.1) is 6.04 Å². The fourth-order valence-corrected chi connectivity index (χ4v) is 5.37. The van der Waals surface area contributed by atoms with Crippen LogP contribution in [-0.4, -0.2) is 62.2 Å². The van der Waals surface area contributed by atoms with E-state index in [1.807, 2.05) is 22.9 Å². The Morgan fingerprint density at radius 1 is 0.906 bits per heavy atom. The highest BCUT2D eigenvalue weighted by Crippen LogP contribution is 2.31. The van der Waals surface area contributed by atoms with E-state index in [1.165, 1.54) is 36.8 Å². The lowest BCUT2D eigenvalue weighted by atomic mass is 10.0. The van der Waals surface area contributed by atoms with Crippen molar-refractivity contribution in [2.75, 3.05) is 26.2 Å². The van der Waals surface area contributed by atoms with Crippen LogP contribution in [0.2, 0.25) is 5.02 Å². The summed E-state index contributed by atoms with van der Waals surface area (Å²) in [6.45, 7) is 5.03. The standard InChI is InChI=1S/C25H31ClN6/c26-22-12-10-21(11-13-22)24(31-18-16-30(17-19-31)23-8-4-5-9-23)25-27-28-29-32(25)15-14-20-6-2-1-3-7-20/h1-3,6-7,10-13,23-24H,4-5,8-9,14-19H2/t24-/m0/s1. The molecular weight excluding hydrogens is 420 g/mol. The van der Waals surface area contributed by atoms with Crippen LogP contribution in [0.15, 0.2) is 54.6 Å². The van der Waals surface area contributed by atoms with E-state index < -0.39 is 0 Å². The molecule has 7 heteroatoms. The van der Waals surface area contributed by atoms with Gasteiger partial charge in [-0.15, -0.1) is 5.10 Å². The molecule has 0 N–H and O–H groups in total. The number of aryl methyl sites for hydroxylation is 2. The number of hydrogen-bond donors (Lipinski definition) is 0. The van der Waals surface area contributed by atoms with E-state index >= 15 is 0 Å². The lowest BCUT2D eigenvalue weighted by Gasteiger charge is -2.41. The van der Waals surface area contributed by atoms with Crippen molar-refractivity contribution >= 4 is 11.6 Å². The summed E-state index contributed by atoms with van der Waals surface area (Å²) >= 11 is 6.20. The van der Waals surface area contributed by atoms with E-state index in [9.17, 15) is 0 Å². The average Bonchev–Trinajstić information content (AvgIpc) is 3.53. The molecule has 2 heterocycles. The first-order chi connectivity index (χ1) is 15.8. The molecule has 1 saturated heterocycles. The van der Waals surface area contributed by atoms with Crippen LogP contribution in [0, 0.1) is 0 Å². The topological polar surface area (TPSA) is 50.1 Å². The van der Waals surface area contributed by atoms with Gasteiger partial charge in [0.25, 0.3) is 0 Å². The number of aromatic nitrogens is 4. The van der Waals surface area contributed by atoms with Crippen LogP contribution in [0.4, 0.5) is 0 Å². The van der Waals surface area contributed by atoms with Crippen molar-refractivity contribution in [2.24, 2.45) is 0 Å². The predicted molar refractivity (Wildman–Crippen MR) is 127 cm³/mol. The highest BCUT2D eigenvalue weighted by molar-refractivity contribution is 6.30. The molecule has 2 aliphatic rings. The molecule has 2 aromatic carbocycles. The molecule has 32 heavy (non-hydrogen) atoms. The van der Waals surface area contributed by atoms with Gasteiger partial charge < -0.3 is 0 Å². The molecule has 3 aromatic rings. The maximum absolute atomic E-state index is 6.20.